The van der Waals surface area contributed by atoms with Crippen molar-refractivity contribution in [1.82, 2.24) is 0 Å². The molecule has 2 rings (SSSR count). The number of hydrogen-bond donors (Lipinski definition) is 1. The molecule has 0 fully saturated rings. The van der Waals surface area contributed by atoms with E-state index in [1.807, 2.05) is 0 Å². The SMILES string of the molecule is COC1(CN)CCc2cc(C)ccc2C1. The summed E-state index contributed by atoms with van der Waals surface area (Å²) in [4.78, 5) is 0. The summed E-state index contributed by atoms with van der Waals surface area (Å²) in [6.07, 6.45) is 3.08. The van der Waals surface area contributed by atoms with Crippen LogP contribution >= 0.6 is 0 Å². The van der Waals surface area contributed by atoms with Crippen LogP contribution in [0.3, 0.4) is 0 Å². The van der Waals surface area contributed by atoms with Crippen molar-refractivity contribution in [2.24, 2.45) is 5.73 Å². The van der Waals surface area contributed by atoms with Gasteiger partial charge < -0.3 is 10.5 Å². The van der Waals surface area contributed by atoms with Crippen molar-refractivity contribution in [3.05, 3.63) is 34.9 Å². The summed E-state index contributed by atoms with van der Waals surface area (Å²) >= 11 is 0. The molecule has 2 N–H and O–H groups in total. The third-order valence-corrected chi connectivity index (χ3v) is 3.53. The standard InChI is InChI=1S/C13H19NO/c1-10-3-4-12-8-13(9-14,15-2)6-5-11(12)7-10/h3-4,7H,5-6,8-9,14H2,1-2H3. The van der Waals surface area contributed by atoms with Gasteiger partial charge in [0, 0.05) is 20.1 Å². The fourth-order valence-corrected chi connectivity index (χ4v) is 2.39. The molecule has 1 unspecified atom stereocenters. The molecule has 15 heavy (non-hydrogen) atoms. The van der Waals surface area contributed by atoms with E-state index in [0.717, 1.165) is 19.3 Å². The largest absolute Gasteiger partial charge is 0.377 e. The third-order valence-electron chi connectivity index (χ3n) is 3.53. The number of hydrogen-bond acceptors (Lipinski definition) is 2. The highest BCUT2D eigenvalue weighted by atomic mass is 16.5. The Morgan fingerprint density at radius 3 is 2.87 bits per heavy atom. The molecule has 0 spiro atoms. The molecule has 1 aliphatic carbocycles. The van der Waals surface area contributed by atoms with Gasteiger partial charge in [0.25, 0.3) is 0 Å². The van der Waals surface area contributed by atoms with E-state index in [-0.39, 0.29) is 5.60 Å². The molecule has 1 aromatic rings. The van der Waals surface area contributed by atoms with Gasteiger partial charge in [-0.1, -0.05) is 23.8 Å². The summed E-state index contributed by atoms with van der Waals surface area (Å²) in [5.74, 6) is 0. The van der Waals surface area contributed by atoms with Crippen LogP contribution in [0.15, 0.2) is 18.2 Å². The van der Waals surface area contributed by atoms with Crippen LogP contribution in [-0.4, -0.2) is 19.3 Å². The molecule has 2 nitrogen and oxygen atoms in total. The Bertz CT molecular complexity index is 356. The van der Waals surface area contributed by atoms with E-state index >= 15 is 0 Å². The van der Waals surface area contributed by atoms with E-state index in [2.05, 4.69) is 25.1 Å². The highest BCUT2D eigenvalue weighted by Crippen LogP contribution is 2.30. The van der Waals surface area contributed by atoms with Crippen LogP contribution in [0.1, 0.15) is 23.1 Å². The van der Waals surface area contributed by atoms with E-state index in [1.165, 1.54) is 16.7 Å². The Hall–Kier alpha value is -0.860. The Kier molecular flexibility index (Phi) is 2.81. The Balaban J connectivity index is 2.30. The maximum absolute atomic E-state index is 5.81. The quantitative estimate of drug-likeness (QED) is 0.799. The molecule has 0 heterocycles. The lowest BCUT2D eigenvalue weighted by Crippen LogP contribution is -2.44. The van der Waals surface area contributed by atoms with Crippen LogP contribution < -0.4 is 5.73 Å². The molecular formula is C13H19NO. The minimum absolute atomic E-state index is 0.123. The first-order valence-electron chi connectivity index (χ1n) is 5.53. The predicted octanol–water partition coefficient (Wildman–Crippen LogP) is 1.83. The van der Waals surface area contributed by atoms with Gasteiger partial charge >= 0.3 is 0 Å². The van der Waals surface area contributed by atoms with E-state index in [1.54, 1.807) is 7.11 Å². The normalized spacial score (nSPS) is 25.0. The second-order valence-electron chi connectivity index (χ2n) is 4.54. The van der Waals surface area contributed by atoms with Crippen LogP contribution in [-0.2, 0) is 17.6 Å². The molecule has 82 valence electrons. The first-order valence-corrected chi connectivity index (χ1v) is 5.53. The second kappa shape index (κ2) is 3.95. The molecule has 0 saturated heterocycles. The Labute approximate surface area is 91.4 Å². The predicted molar refractivity (Wildman–Crippen MR) is 62.0 cm³/mol. The van der Waals surface area contributed by atoms with Gasteiger partial charge in [0.1, 0.15) is 0 Å². The molecule has 1 atom stereocenters. The molecule has 1 aliphatic rings. The summed E-state index contributed by atoms with van der Waals surface area (Å²) in [6.45, 7) is 2.75. The summed E-state index contributed by atoms with van der Waals surface area (Å²) in [5.41, 5.74) is 9.90. The van der Waals surface area contributed by atoms with Crippen molar-refractivity contribution in [3.8, 4) is 0 Å². The van der Waals surface area contributed by atoms with Crippen molar-refractivity contribution in [1.29, 1.82) is 0 Å². The highest BCUT2D eigenvalue weighted by molar-refractivity contribution is 5.35. The van der Waals surface area contributed by atoms with E-state index in [9.17, 15) is 0 Å². The molecular weight excluding hydrogens is 186 g/mol. The number of fused-ring (bicyclic) bond motifs is 1. The number of ether oxygens (including phenoxy) is 1. The van der Waals surface area contributed by atoms with Crippen molar-refractivity contribution in [2.45, 2.75) is 31.8 Å². The number of aryl methyl sites for hydroxylation is 2. The molecule has 2 heteroatoms. The smallest absolute Gasteiger partial charge is 0.0843 e. The van der Waals surface area contributed by atoms with Gasteiger partial charge in [-0.05, 0) is 30.9 Å². The van der Waals surface area contributed by atoms with E-state index in [4.69, 9.17) is 10.5 Å². The lowest BCUT2D eigenvalue weighted by molar-refractivity contribution is -0.0134. The first kappa shape index (κ1) is 10.7. The Morgan fingerprint density at radius 2 is 2.20 bits per heavy atom. The molecule has 0 saturated carbocycles. The third kappa shape index (κ3) is 1.92. The monoisotopic (exact) mass is 205 g/mol. The van der Waals surface area contributed by atoms with Crippen LogP contribution in [0.4, 0.5) is 0 Å². The lowest BCUT2D eigenvalue weighted by Gasteiger charge is -2.36. The minimum atomic E-state index is -0.123. The molecule has 0 bridgehead atoms. The minimum Gasteiger partial charge on any atom is -0.377 e. The average Bonchev–Trinajstić information content (AvgIpc) is 2.28. The van der Waals surface area contributed by atoms with Gasteiger partial charge in [-0.2, -0.15) is 0 Å². The van der Waals surface area contributed by atoms with Crippen molar-refractivity contribution in [2.75, 3.05) is 13.7 Å². The number of methoxy groups -OCH3 is 1. The Morgan fingerprint density at radius 1 is 1.40 bits per heavy atom. The summed E-state index contributed by atoms with van der Waals surface area (Å²) in [7, 11) is 1.77. The highest BCUT2D eigenvalue weighted by Gasteiger charge is 2.32. The average molecular weight is 205 g/mol. The maximum Gasteiger partial charge on any atom is 0.0843 e. The van der Waals surface area contributed by atoms with Crippen LogP contribution in [0.5, 0.6) is 0 Å². The van der Waals surface area contributed by atoms with E-state index < -0.39 is 0 Å². The molecule has 0 aliphatic heterocycles. The van der Waals surface area contributed by atoms with E-state index in [0.29, 0.717) is 6.54 Å². The van der Waals surface area contributed by atoms with Gasteiger partial charge in [-0.3, -0.25) is 0 Å². The molecule has 0 radical (unpaired) electrons. The van der Waals surface area contributed by atoms with Gasteiger partial charge in [0.15, 0.2) is 0 Å². The summed E-state index contributed by atoms with van der Waals surface area (Å²) in [5, 5.41) is 0. The zero-order valence-corrected chi connectivity index (χ0v) is 9.55. The number of benzene rings is 1. The lowest BCUT2D eigenvalue weighted by atomic mass is 9.80. The van der Waals surface area contributed by atoms with Crippen LogP contribution in [0.2, 0.25) is 0 Å². The molecule has 1 aromatic carbocycles. The maximum atomic E-state index is 5.81. The number of rotatable bonds is 2. The first-order chi connectivity index (χ1) is 7.19. The van der Waals surface area contributed by atoms with Crippen LogP contribution in [0, 0.1) is 6.92 Å². The van der Waals surface area contributed by atoms with Crippen molar-refractivity contribution >= 4 is 0 Å². The molecule has 0 amide bonds. The number of nitrogens with two attached hydrogens (primary N) is 1. The summed E-state index contributed by atoms with van der Waals surface area (Å²) in [6, 6.07) is 6.67. The van der Waals surface area contributed by atoms with Crippen molar-refractivity contribution in [3.63, 3.8) is 0 Å². The fourth-order valence-electron chi connectivity index (χ4n) is 2.39. The van der Waals surface area contributed by atoms with Gasteiger partial charge in [0.2, 0.25) is 0 Å². The zero-order valence-electron chi connectivity index (χ0n) is 9.55. The van der Waals surface area contributed by atoms with Gasteiger partial charge in [-0.25, -0.2) is 0 Å². The zero-order chi connectivity index (χ0) is 10.9. The van der Waals surface area contributed by atoms with Crippen LogP contribution in [0.25, 0.3) is 0 Å². The molecule has 0 aromatic heterocycles. The van der Waals surface area contributed by atoms with Gasteiger partial charge in [0.05, 0.1) is 5.60 Å². The topological polar surface area (TPSA) is 35.2 Å². The fraction of sp³-hybridized carbons (Fsp3) is 0.538. The second-order valence-corrected chi connectivity index (χ2v) is 4.54. The van der Waals surface area contributed by atoms with Crippen molar-refractivity contribution < 1.29 is 4.74 Å². The van der Waals surface area contributed by atoms with Gasteiger partial charge in [-0.15, -0.1) is 0 Å². The summed E-state index contributed by atoms with van der Waals surface area (Å²) < 4.78 is 5.59.